The third kappa shape index (κ3) is 7.56. The summed E-state index contributed by atoms with van der Waals surface area (Å²) in [5, 5.41) is 13.4. The molecule has 37 heavy (non-hydrogen) atoms. The van der Waals surface area contributed by atoms with Crippen LogP contribution in [0.25, 0.3) is 0 Å². The van der Waals surface area contributed by atoms with E-state index in [9.17, 15) is 14.9 Å². The number of nitrogens with zero attached hydrogens (tertiary/aromatic N) is 1. The molecule has 2 heterocycles. The molecule has 0 saturated carbocycles. The van der Waals surface area contributed by atoms with E-state index in [4.69, 9.17) is 14.2 Å². The number of para-hydroxylation sites is 1. The van der Waals surface area contributed by atoms with Gasteiger partial charge in [-0.15, -0.1) is 11.3 Å². The highest BCUT2D eigenvalue weighted by Gasteiger charge is 2.27. The van der Waals surface area contributed by atoms with Crippen molar-refractivity contribution in [2.24, 2.45) is 11.8 Å². The van der Waals surface area contributed by atoms with E-state index in [0.717, 1.165) is 73.5 Å². The number of nitrogens with one attached hydrogen (secondary N) is 1. The van der Waals surface area contributed by atoms with Gasteiger partial charge in [0.1, 0.15) is 16.8 Å². The highest BCUT2D eigenvalue weighted by Crippen LogP contribution is 2.39. The predicted molar refractivity (Wildman–Crippen MR) is 143 cm³/mol. The molecule has 1 aliphatic heterocycles. The second-order valence-corrected chi connectivity index (χ2v) is 10.9. The second-order valence-electron chi connectivity index (χ2n) is 9.79. The van der Waals surface area contributed by atoms with Crippen LogP contribution in [0.4, 0.5) is 5.00 Å². The molecule has 1 unspecified atom stereocenters. The Kier molecular flexibility index (Phi) is 9.98. The number of carbonyl (C=O) groups excluding carboxylic acids is 2. The Morgan fingerprint density at radius 2 is 1.97 bits per heavy atom. The van der Waals surface area contributed by atoms with Crippen molar-refractivity contribution >= 4 is 28.2 Å². The smallest absolute Gasteiger partial charge is 0.305 e. The molecular weight excluding hydrogens is 488 g/mol. The normalized spacial score (nSPS) is 17.5. The number of benzene rings is 1. The van der Waals surface area contributed by atoms with Gasteiger partial charge in [0.15, 0.2) is 0 Å². The van der Waals surface area contributed by atoms with E-state index in [0.29, 0.717) is 49.0 Å². The third-order valence-corrected chi connectivity index (χ3v) is 8.37. The van der Waals surface area contributed by atoms with Gasteiger partial charge >= 0.3 is 5.97 Å². The second kappa shape index (κ2) is 13.6. The van der Waals surface area contributed by atoms with Crippen LogP contribution in [-0.2, 0) is 38.3 Å². The van der Waals surface area contributed by atoms with E-state index in [1.165, 1.54) is 11.3 Å². The van der Waals surface area contributed by atoms with Crippen molar-refractivity contribution in [2.75, 3.05) is 31.7 Å². The lowest BCUT2D eigenvalue weighted by Gasteiger charge is -2.23. The summed E-state index contributed by atoms with van der Waals surface area (Å²) in [6.45, 7) is 4.51. The molecule has 0 radical (unpaired) electrons. The zero-order chi connectivity index (χ0) is 26.0. The fourth-order valence-corrected chi connectivity index (χ4v) is 6.42. The van der Waals surface area contributed by atoms with Gasteiger partial charge in [-0.05, 0) is 80.9 Å². The Hall–Kier alpha value is -2.89. The van der Waals surface area contributed by atoms with Crippen LogP contribution in [0.2, 0.25) is 0 Å². The number of fused-ring (bicyclic) bond motifs is 1. The average Bonchev–Trinajstić information content (AvgIpc) is 3.27. The van der Waals surface area contributed by atoms with Crippen LogP contribution in [-0.4, -0.2) is 38.3 Å². The number of amides is 1. The minimum Gasteiger partial charge on any atom is -0.494 e. The molecular formula is C29H36N2O5S. The van der Waals surface area contributed by atoms with Crippen molar-refractivity contribution < 1.29 is 23.8 Å². The van der Waals surface area contributed by atoms with E-state index >= 15 is 0 Å². The number of esters is 1. The molecule has 0 spiro atoms. The predicted octanol–water partition coefficient (Wildman–Crippen LogP) is 5.44. The molecule has 1 N–H and O–H groups in total. The zero-order valence-electron chi connectivity index (χ0n) is 21.6. The average molecular weight is 525 g/mol. The van der Waals surface area contributed by atoms with Crippen LogP contribution >= 0.6 is 11.3 Å². The number of aryl methyl sites for hydroxylation is 1. The van der Waals surface area contributed by atoms with Gasteiger partial charge in [-0.3, -0.25) is 9.59 Å². The number of anilines is 1. The van der Waals surface area contributed by atoms with Crippen molar-refractivity contribution in [1.82, 2.24) is 0 Å². The van der Waals surface area contributed by atoms with Crippen LogP contribution in [0.15, 0.2) is 24.3 Å². The molecule has 7 nitrogen and oxygen atoms in total. The highest BCUT2D eigenvalue weighted by molar-refractivity contribution is 7.16. The van der Waals surface area contributed by atoms with Crippen LogP contribution in [0.1, 0.15) is 67.0 Å². The molecule has 198 valence electrons. The van der Waals surface area contributed by atoms with Crippen molar-refractivity contribution in [3.63, 3.8) is 0 Å². The van der Waals surface area contributed by atoms with Gasteiger partial charge < -0.3 is 19.5 Å². The van der Waals surface area contributed by atoms with Gasteiger partial charge in [0, 0.05) is 30.9 Å². The summed E-state index contributed by atoms with van der Waals surface area (Å²) < 4.78 is 16.6. The first kappa shape index (κ1) is 27.2. The Morgan fingerprint density at radius 1 is 1.16 bits per heavy atom. The Morgan fingerprint density at radius 3 is 2.76 bits per heavy atom. The summed E-state index contributed by atoms with van der Waals surface area (Å²) in [6, 6.07) is 10.1. The van der Waals surface area contributed by atoms with Gasteiger partial charge in [-0.1, -0.05) is 18.2 Å². The van der Waals surface area contributed by atoms with Gasteiger partial charge in [0.05, 0.1) is 18.8 Å². The van der Waals surface area contributed by atoms with Crippen molar-refractivity contribution in [3.8, 4) is 11.8 Å². The van der Waals surface area contributed by atoms with Gasteiger partial charge in [0.25, 0.3) is 0 Å². The Bertz CT molecular complexity index is 1120. The topological polar surface area (TPSA) is 97.6 Å². The molecule has 1 aliphatic carbocycles. The number of carbonyl (C=O) groups is 2. The minimum absolute atomic E-state index is 0.114. The Labute approximate surface area is 223 Å². The number of hydrogen-bond acceptors (Lipinski definition) is 7. The maximum atomic E-state index is 12.7. The molecule has 2 aliphatic rings. The molecule has 1 saturated heterocycles. The minimum atomic E-state index is -0.125. The number of nitriles is 1. The molecule has 1 atom stereocenters. The first-order valence-corrected chi connectivity index (χ1v) is 14.2. The summed E-state index contributed by atoms with van der Waals surface area (Å²) >= 11 is 1.48. The fourth-order valence-electron chi connectivity index (χ4n) is 5.09. The maximum Gasteiger partial charge on any atom is 0.305 e. The SMILES string of the molecule is CCOc1ccccc1CCC(=O)Nc1sc2c(c1C#N)CCC(COC(=O)CCC1CCOCC1)C2. The molecule has 1 aromatic heterocycles. The summed E-state index contributed by atoms with van der Waals surface area (Å²) in [4.78, 5) is 26.1. The van der Waals surface area contributed by atoms with E-state index in [2.05, 4.69) is 11.4 Å². The van der Waals surface area contributed by atoms with Gasteiger partial charge in [-0.2, -0.15) is 5.26 Å². The van der Waals surface area contributed by atoms with Crippen molar-refractivity contribution in [3.05, 3.63) is 45.8 Å². The number of rotatable bonds is 11. The maximum absolute atomic E-state index is 12.7. The summed E-state index contributed by atoms with van der Waals surface area (Å²) in [5.41, 5.74) is 2.61. The molecule has 1 amide bonds. The van der Waals surface area contributed by atoms with Crippen LogP contribution in [0.3, 0.4) is 0 Å². The lowest BCUT2D eigenvalue weighted by atomic mass is 9.88. The lowest BCUT2D eigenvalue weighted by molar-refractivity contribution is -0.145. The standard InChI is InChI=1S/C29H36N2O5S/c1-2-35-25-6-4-3-5-22(25)9-11-27(32)31-29-24(18-30)23-10-7-21(17-26(23)37-29)19-36-28(33)12-8-20-13-15-34-16-14-20/h3-6,20-21H,2,7-17,19H2,1H3,(H,31,32). The van der Waals surface area contributed by atoms with E-state index in [-0.39, 0.29) is 17.8 Å². The van der Waals surface area contributed by atoms with Gasteiger partial charge in [0.2, 0.25) is 5.91 Å². The molecule has 8 heteroatoms. The first-order valence-electron chi connectivity index (χ1n) is 13.4. The summed E-state index contributed by atoms with van der Waals surface area (Å²) in [6.07, 6.45) is 6.65. The Balaban J connectivity index is 1.27. The van der Waals surface area contributed by atoms with Crippen LogP contribution in [0.5, 0.6) is 5.75 Å². The van der Waals surface area contributed by atoms with Crippen molar-refractivity contribution in [1.29, 1.82) is 5.26 Å². The zero-order valence-corrected chi connectivity index (χ0v) is 22.4. The quantitative estimate of drug-likeness (QED) is 0.393. The number of ether oxygens (including phenoxy) is 3. The molecule has 0 bridgehead atoms. The summed E-state index contributed by atoms with van der Waals surface area (Å²) in [5.74, 6) is 1.36. The lowest BCUT2D eigenvalue weighted by Crippen LogP contribution is -2.21. The fraction of sp³-hybridized carbons (Fsp3) is 0.552. The van der Waals surface area contributed by atoms with Crippen molar-refractivity contribution in [2.45, 2.75) is 64.7 Å². The molecule has 1 fully saturated rings. The first-order chi connectivity index (χ1) is 18.1. The highest BCUT2D eigenvalue weighted by atomic mass is 32.1. The van der Waals surface area contributed by atoms with E-state index in [1.54, 1.807) is 0 Å². The third-order valence-electron chi connectivity index (χ3n) is 7.20. The van der Waals surface area contributed by atoms with Crippen LogP contribution in [0, 0.1) is 23.2 Å². The number of thiophene rings is 1. The van der Waals surface area contributed by atoms with Gasteiger partial charge in [-0.25, -0.2) is 0 Å². The van der Waals surface area contributed by atoms with E-state index < -0.39 is 0 Å². The largest absolute Gasteiger partial charge is 0.494 e. The molecule has 2 aromatic rings. The molecule has 4 rings (SSSR count). The number of hydrogen-bond donors (Lipinski definition) is 1. The molecule has 1 aromatic carbocycles. The summed E-state index contributed by atoms with van der Waals surface area (Å²) in [7, 11) is 0. The van der Waals surface area contributed by atoms with Crippen LogP contribution < -0.4 is 10.1 Å². The monoisotopic (exact) mass is 524 g/mol. The van der Waals surface area contributed by atoms with E-state index in [1.807, 2.05) is 31.2 Å².